The maximum absolute atomic E-state index is 12.3. The van der Waals surface area contributed by atoms with Crippen LogP contribution in [-0.4, -0.2) is 25.7 Å². The summed E-state index contributed by atoms with van der Waals surface area (Å²) in [5.41, 5.74) is 2.06. The van der Waals surface area contributed by atoms with Crippen LogP contribution in [0.1, 0.15) is 54.3 Å². The fourth-order valence-electron chi connectivity index (χ4n) is 3.40. The highest BCUT2D eigenvalue weighted by molar-refractivity contribution is 6.03. The average molecular weight is 335 g/mol. The van der Waals surface area contributed by atoms with Gasteiger partial charge in [0.25, 0.3) is 5.91 Å². The number of amides is 1. The van der Waals surface area contributed by atoms with E-state index in [4.69, 9.17) is 0 Å². The molecule has 1 saturated carbocycles. The highest BCUT2D eigenvalue weighted by Crippen LogP contribution is 2.29. The molecule has 0 atom stereocenters. The molecular formula is C19H21N5O. The van der Waals surface area contributed by atoms with Crippen molar-refractivity contribution in [2.45, 2.75) is 45.1 Å². The lowest BCUT2D eigenvalue weighted by Gasteiger charge is -2.21. The summed E-state index contributed by atoms with van der Waals surface area (Å²) in [7, 11) is 0. The molecule has 3 aromatic heterocycles. The van der Waals surface area contributed by atoms with E-state index in [0.29, 0.717) is 17.6 Å². The molecule has 3 heterocycles. The van der Waals surface area contributed by atoms with Crippen molar-refractivity contribution in [3.63, 3.8) is 0 Å². The number of anilines is 1. The molecule has 25 heavy (non-hydrogen) atoms. The van der Waals surface area contributed by atoms with E-state index in [1.54, 1.807) is 12.3 Å². The zero-order chi connectivity index (χ0) is 17.2. The van der Waals surface area contributed by atoms with Gasteiger partial charge in [0.1, 0.15) is 17.0 Å². The van der Waals surface area contributed by atoms with Crippen LogP contribution in [0.15, 0.2) is 36.7 Å². The van der Waals surface area contributed by atoms with Crippen LogP contribution < -0.4 is 5.32 Å². The third-order valence-electron chi connectivity index (χ3n) is 4.72. The van der Waals surface area contributed by atoms with E-state index in [0.717, 1.165) is 16.6 Å². The first-order valence-corrected chi connectivity index (χ1v) is 8.79. The number of aryl methyl sites for hydroxylation is 1. The van der Waals surface area contributed by atoms with Gasteiger partial charge in [-0.05, 0) is 38.0 Å². The van der Waals surface area contributed by atoms with Crippen LogP contribution >= 0.6 is 0 Å². The first-order valence-electron chi connectivity index (χ1n) is 8.79. The molecule has 0 radical (unpaired) electrons. The lowest BCUT2D eigenvalue weighted by atomic mass is 9.96. The number of carbonyl (C=O) groups excluding carboxylic acids is 1. The van der Waals surface area contributed by atoms with Gasteiger partial charge in [-0.15, -0.1) is 0 Å². The van der Waals surface area contributed by atoms with E-state index < -0.39 is 0 Å². The fraction of sp³-hybridized carbons (Fsp3) is 0.368. The maximum Gasteiger partial charge on any atom is 0.275 e. The Labute approximate surface area is 146 Å². The maximum atomic E-state index is 12.3. The van der Waals surface area contributed by atoms with E-state index in [1.165, 1.54) is 32.1 Å². The lowest BCUT2D eigenvalue weighted by Crippen LogP contribution is -2.14. The number of hydrogen-bond donors (Lipinski definition) is 1. The second-order valence-corrected chi connectivity index (χ2v) is 6.65. The van der Waals surface area contributed by atoms with Gasteiger partial charge >= 0.3 is 0 Å². The molecule has 6 nitrogen and oxygen atoms in total. The molecule has 0 spiro atoms. The molecule has 1 aliphatic carbocycles. The van der Waals surface area contributed by atoms with Crippen molar-refractivity contribution in [3.05, 3.63) is 48.0 Å². The van der Waals surface area contributed by atoms with Gasteiger partial charge < -0.3 is 5.32 Å². The lowest BCUT2D eigenvalue weighted by molar-refractivity contribution is 0.102. The highest BCUT2D eigenvalue weighted by Gasteiger charge is 2.17. The third-order valence-corrected chi connectivity index (χ3v) is 4.72. The molecular weight excluding hydrogens is 314 g/mol. The number of nitrogens with one attached hydrogen (secondary N) is 1. The van der Waals surface area contributed by atoms with E-state index in [-0.39, 0.29) is 5.91 Å². The van der Waals surface area contributed by atoms with Crippen LogP contribution in [0.25, 0.3) is 10.9 Å². The van der Waals surface area contributed by atoms with Crippen molar-refractivity contribution in [3.8, 4) is 0 Å². The van der Waals surface area contributed by atoms with Gasteiger partial charge in [0.05, 0.1) is 12.2 Å². The summed E-state index contributed by atoms with van der Waals surface area (Å²) in [5, 5.41) is 8.47. The number of hydrogen-bond acceptors (Lipinski definition) is 4. The molecule has 0 saturated heterocycles. The highest BCUT2D eigenvalue weighted by atomic mass is 16.1. The summed E-state index contributed by atoms with van der Waals surface area (Å²) >= 11 is 0. The Morgan fingerprint density at radius 2 is 2.08 bits per heavy atom. The van der Waals surface area contributed by atoms with Gasteiger partial charge in [0.2, 0.25) is 0 Å². The molecule has 6 heteroatoms. The van der Waals surface area contributed by atoms with Gasteiger partial charge in [0, 0.05) is 17.3 Å². The summed E-state index contributed by atoms with van der Waals surface area (Å²) in [4.78, 5) is 20.9. The zero-order valence-corrected chi connectivity index (χ0v) is 14.3. The van der Waals surface area contributed by atoms with E-state index in [2.05, 4.69) is 31.3 Å². The molecule has 1 amide bonds. The molecule has 0 bridgehead atoms. The van der Waals surface area contributed by atoms with E-state index in [1.807, 2.05) is 25.1 Å². The van der Waals surface area contributed by atoms with E-state index in [9.17, 15) is 4.79 Å². The van der Waals surface area contributed by atoms with Crippen LogP contribution in [0.5, 0.6) is 0 Å². The quantitative estimate of drug-likeness (QED) is 0.788. The standard InChI is InChI=1S/C19H21N5O/c1-13-6-5-9-16(21-13)19(25)22-18-10-14-12-24(23-17(14)11-20-18)15-7-3-2-4-8-15/h5-6,9-12,15H,2-4,7-8H2,1H3,(H,22,25). The minimum Gasteiger partial charge on any atom is -0.305 e. The van der Waals surface area contributed by atoms with Crippen molar-refractivity contribution in [1.82, 2.24) is 19.7 Å². The minimum absolute atomic E-state index is 0.254. The summed E-state index contributed by atoms with van der Waals surface area (Å²) in [6, 6.07) is 7.73. The Hall–Kier alpha value is -2.76. The smallest absolute Gasteiger partial charge is 0.275 e. The Balaban J connectivity index is 1.55. The molecule has 0 aromatic carbocycles. The Morgan fingerprint density at radius 3 is 2.88 bits per heavy atom. The monoisotopic (exact) mass is 335 g/mol. The van der Waals surface area contributed by atoms with Gasteiger partial charge in [-0.3, -0.25) is 9.48 Å². The number of aromatic nitrogens is 4. The fourth-order valence-corrected chi connectivity index (χ4v) is 3.40. The van der Waals surface area contributed by atoms with Crippen LogP contribution in [0.2, 0.25) is 0 Å². The topological polar surface area (TPSA) is 72.7 Å². The normalized spacial score (nSPS) is 15.4. The number of nitrogens with zero attached hydrogens (tertiary/aromatic N) is 4. The largest absolute Gasteiger partial charge is 0.305 e. The van der Waals surface area contributed by atoms with Crippen molar-refractivity contribution >= 4 is 22.6 Å². The molecule has 0 aliphatic heterocycles. The minimum atomic E-state index is -0.254. The summed E-state index contributed by atoms with van der Waals surface area (Å²) in [6.07, 6.45) is 10.0. The molecule has 128 valence electrons. The summed E-state index contributed by atoms with van der Waals surface area (Å²) in [6.45, 7) is 1.86. The predicted molar refractivity (Wildman–Crippen MR) is 96.6 cm³/mol. The molecule has 1 aliphatic rings. The first kappa shape index (κ1) is 15.7. The second kappa shape index (κ2) is 6.63. The van der Waals surface area contributed by atoms with E-state index >= 15 is 0 Å². The van der Waals surface area contributed by atoms with Crippen LogP contribution in [0.4, 0.5) is 5.82 Å². The molecule has 1 N–H and O–H groups in total. The zero-order valence-electron chi connectivity index (χ0n) is 14.3. The molecule has 3 aromatic rings. The molecule has 0 unspecified atom stereocenters. The summed E-state index contributed by atoms with van der Waals surface area (Å²) < 4.78 is 2.07. The van der Waals surface area contributed by atoms with Gasteiger partial charge in [0.15, 0.2) is 0 Å². The number of rotatable bonds is 3. The number of carbonyl (C=O) groups is 1. The Bertz CT molecular complexity index is 911. The Kier molecular flexibility index (Phi) is 4.17. The van der Waals surface area contributed by atoms with Gasteiger partial charge in [-0.25, -0.2) is 9.97 Å². The SMILES string of the molecule is Cc1cccc(C(=O)Nc2cc3cn(C4CCCCC4)nc3cn2)n1. The van der Waals surface area contributed by atoms with Gasteiger partial charge in [-0.2, -0.15) is 5.10 Å². The Morgan fingerprint density at radius 1 is 1.24 bits per heavy atom. The number of fused-ring (bicyclic) bond motifs is 1. The average Bonchev–Trinajstić information content (AvgIpc) is 3.06. The second-order valence-electron chi connectivity index (χ2n) is 6.65. The van der Waals surface area contributed by atoms with Crippen molar-refractivity contribution in [1.29, 1.82) is 0 Å². The predicted octanol–water partition coefficient (Wildman–Crippen LogP) is 3.89. The van der Waals surface area contributed by atoms with Gasteiger partial charge in [-0.1, -0.05) is 25.3 Å². The van der Waals surface area contributed by atoms with Crippen LogP contribution in [-0.2, 0) is 0 Å². The van der Waals surface area contributed by atoms with Crippen LogP contribution in [0, 0.1) is 6.92 Å². The molecule has 1 fully saturated rings. The number of pyridine rings is 2. The van der Waals surface area contributed by atoms with Crippen molar-refractivity contribution < 1.29 is 4.79 Å². The third kappa shape index (κ3) is 3.38. The van der Waals surface area contributed by atoms with Crippen LogP contribution in [0.3, 0.4) is 0 Å². The summed E-state index contributed by atoms with van der Waals surface area (Å²) in [5.74, 6) is 0.263. The molecule has 4 rings (SSSR count). The van der Waals surface area contributed by atoms with Crippen molar-refractivity contribution in [2.75, 3.05) is 5.32 Å². The first-order chi connectivity index (χ1) is 12.2. The van der Waals surface area contributed by atoms with Crippen molar-refractivity contribution in [2.24, 2.45) is 0 Å².